The molecule has 0 aliphatic carbocycles. The van der Waals surface area contributed by atoms with E-state index in [1.54, 1.807) is 13.8 Å². The van der Waals surface area contributed by atoms with Gasteiger partial charge in [-0.3, -0.25) is 15.4 Å². The fraction of sp³-hybridized carbons (Fsp3) is 0.500. The van der Waals surface area contributed by atoms with Gasteiger partial charge in [0.1, 0.15) is 11.5 Å². The quantitative estimate of drug-likeness (QED) is 0.728. The average Bonchev–Trinajstić information content (AvgIpc) is 2.72. The Morgan fingerprint density at radius 1 is 1.39 bits per heavy atom. The van der Waals surface area contributed by atoms with Gasteiger partial charge in [-0.2, -0.15) is 0 Å². The molecule has 1 atom stereocenters. The summed E-state index contributed by atoms with van der Waals surface area (Å²) in [7, 11) is 0. The van der Waals surface area contributed by atoms with E-state index in [2.05, 4.69) is 16.0 Å². The van der Waals surface area contributed by atoms with Gasteiger partial charge in [0.05, 0.1) is 12.6 Å². The van der Waals surface area contributed by atoms with E-state index >= 15 is 0 Å². The number of furan rings is 1. The second kappa shape index (κ2) is 6.80. The number of rotatable bonds is 5. The van der Waals surface area contributed by atoms with Crippen LogP contribution in [0.5, 0.6) is 0 Å². The largest absolute Gasteiger partial charge is 0.465 e. The van der Waals surface area contributed by atoms with E-state index in [1.807, 2.05) is 19.1 Å². The zero-order valence-electron chi connectivity index (χ0n) is 10.9. The van der Waals surface area contributed by atoms with Gasteiger partial charge in [-0.1, -0.05) is 0 Å². The zero-order valence-corrected chi connectivity index (χ0v) is 10.9. The highest BCUT2D eigenvalue weighted by molar-refractivity contribution is 5.96. The van der Waals surface area contributed by atoms with E-state index in [0.717, 1.165) is 11.5 Å². The fourth-order valence-electron chi connectivity index (χ4n) is 1.35. The maximum absolute atomic E-state index is 11.6. The molecule has 100 valence electrons. The van der Waals surface area contributed by atoms with Crippen LogP contribution in [-0.2, 0) is 11.3 Å². The number of aryl methyl sites for hydroxylation is 1. The molecular formula is C12H19N3O3. The molecule has 1 aromatic rings. The van der Waals surface area contributed by atoms with Gasteiger partial charge in [0, 0.05) is 6.54 Å². The molecule has 0 saturated heterocycles. The molecule has 0 aliphatic heterocycles. The van der Waals surface area contributed by atoms with Crippen molar-refractivity contribution in [3.8, 4) is 0 Å². The third-order valence-corrected chi connectivity index (χ3v) is 2.35. The minimum atomic E-state index is -0.481. The van der Waals surface area contributed by atoms with E-state index < -0.39 is 12.1 Å². The predicted octanol–water partition coefficient (Wildman–Crippen LogP) is 0.912. The third-order valence-electron chi connectivity index (χ3n) is 2.35. The molecule has 0 aliphatic rings. The smallest absolute Gasteiger partial charge is 0.321 e. The third kappa shape index (κ3) is 4.58. The fourth-order valence-corrected chi connectivity index (χ4v) is 1.35. The Morgan fingerprint density at radius 3 is 2.67 bits per heavy atom. The van der Waals surface area contributed by atoms with Gasteiger partial charge in [0.2, 0.25) is 5.91 Å². The Kier molecular flexibility index (Phi) is 5.38. The normalized spacial score (nSPS) is 11.9. The van der Waals surface area contributed by atoms with Gasteiger partial charge in [0.25, 0.3) is 0 Å². The van der Waals surface area contributed by atoms with Gasteiger partial charge >= 0.3 is 6.03 Å². The molecule has 18 heavy (non-hydrogen) atoms. The first-order chi connectivity index (χ1) is 8.52. The number of hydrogen-bond donors (Lipinski definition) is 3. The monoisotopic (exact) mass is 253 g/mol. The Hall–Kier alpha value is -1.82. The number of carbonyl (C=O) groups is 2. The van der Waals surface area contributed by atoms with Crippen molar-refractivity contribution < 1.29 is 14.0 Å². The molecule has 1 unspecified atom stereocenters. The zero-order chi connectivity index (χ0) is 13.5. The highest BCUT2D eigenvalue weighted by Crippen LogP contribution is 2.05. The van der Waals surface area contributed by atoms with Crippen molar-refractivity contribution in [3.63, 3.8) is 0 Å². The van der Waals surface area contributed by atoms with Gasteiger partial charge in [0.15, 0.2) is 0 Å². The molecule has 1 rings (SSSR count). The molecule has 1 heterocycles. The number of urea groups is 1. The van der Waals surface area contributed by atoms with E-state index in [1.165, 1.54) is 0 Å². The van der Waals surface area contributed by atoms with Crippen LogP contribution >= 0.6 is 0 Å². The molecule has 0 spiro atoms. The van der Waals surface area contributed by atoms with Gasteiger partial charge in [-0.15, -0.1) is 0 Å². The Balaban J connectivity index is 2.33. The van der Waals surface area contributed by atoms with Crippen LogP contribution in [0, 0.1) is 6.92 Å². The summed E-state index contributed by atoms with van der Waals surface area (Å²) in [6.45, 7) is 6.24. The van der Waals surface area contributed by atoms with Crippen LogP contribution in [-0.4, -0.2) is 24.5 Å². The van der Waals surface area contributed by atoms with E-state index in [9.17, 15) is 9.59 Å². The van der Waals surface area contributed by atoms with Crippen molar-refractivity contribution in [2.75, 3.05) is 6.54 Å². The molecule has 6 nitrogen and oxygen atoms in total. The lowest BCUT2D eigenvalue weighted by atomic mass is 10.3. The summed E-state index contributed by atoms with van der Waals surface area (Å²) >= 11 is 0. The van der Waals surface area contributed by atoms with Crippen molar-refractivity contribution in [2.24, 2.45) is 0 Å². The van der Waals surface area contributed by atoms with Crippen LogP contribution < -0.4 is 16.0 Å². The molecule has 0 fully saturated rings. The maximum Gasteiger partial charge on any atom is 0.321 e. The van der Waals surface area contributed by atoms with Crippen LogP contribution in [0.4, 0.5) is 4.79 Å². The minimum Gasteiger partial charge on any atom is -0.465 e. The highest BCUT2D eigenvalue weighted by Gasteiger charge is 2.15. The van der Waals surface area contributed by atoms with E-state index in [4.69, 9.17) is 4.42 Å². The Labute approximate surface area is 106 Å². The molecule has 0 aromatic carbocycles. The average molecular weight is 253 g/mol. The number of nitrogens with one attached hydrogen (secondary N) is 3. The maximum atomic E-state index is 11.6. The Bertz CT molecular complexity index is 414. The van der Waals surface area contributed by atoms with Crippen molar-refractivity contribution in [1.82, 2.24) is 16.0 Å². The second-order valence-corrected chi connectivity index (χ2v) is 3.96. The molecule has 0 bridgehead atoms. The lowest BCUT2D eigenvalue weighted by Crippen LogP contribution is -2.47. The number of imide groups is 1. The Morgan fingerprint density at radius 2 is 2.11 bits per heavy atom. The summed E-state index contributed by atoms with van der Waals surface area (Å²) in [4.78, 5) is 22.7. The SMILES string of the molecule is CCNC(=O)NC(=O)C(C)NCc1ccc(C)o1. The lowest BCUT2D eigenvalue weighted by Gasteiger charge is -2.12. The molecular weight excluding hydrogens is 234 g/mol. The van der Waals surface area contributed by atoms with Crippen molar-refractivity contribution in [2.45, 2.75) is 33.4 Å². The number of amides is 3. The van der Waals surface area contributed by atoms with Gasteiger partial charge < -0.3 is 9.73 Å². The van der Waals surface area contributed by atoms with Crippen molar-refractivity contribution in [3.05, 3.63) is 23.7 Å². The molecule has 0 saturated carbocycles. The first-order valence-corrected chi connectivity index (χ1v) is 5.90. The number of hydrogen-bond acceptors (Lipinski definition) is 4. The van der Waals surface area contributed by atoms with Crippen molar-refractivity contribution >= 4 is 11.9 Å². The van der Waals surface area contributed by atoms with Crippen LogP contribution in [0.15, 0.2) is 16.5 Å². The minimum absolute atomic E-state index is 0.371. The number of carbonyl (C=O) groups excluding carboxylic acids is 2. The van der Waals surface area contributed by atoms with E-state index in [-0.39, 0.29) is 5.91 Å². The summed E-state index contributed by atoms with van der Waals surface area (Å²) in [5.74, 6) is 1.21. The lowest BCUT2D eigenvalue weighted by molar-refractivity contribution is -0.121. The van der Waals surface area contributed by atoms with E-state index in [0.29, 0.717) is 13.1 Å². The predicted molar refractivity (Wildman–Crippen MR) is 67.0 cm³/mol. The standard InChI is InChI=1S/C12H19N3O3/c1-4-13-12(17)15-11(16)9(3)14-7-10-6-5-8(2)18-10/h5-6,9,14H,4,7H2,1-3H3,(H2,13,15,16,17). The van der Waals surface area contributed by atoms with Crippen LogP contribution in [0.25, 0.3) is 0 Å². The summed E-state index contributed by atoms with van der Waals surface area (Å²) < 4.78 is 5.36. The second-order valence-electron chi connectivity index (χ2n) is 3.96. The van der Waals surface area contributed by atoms with Gasteiger partial charge in [-0.25, -0.2) is 4.79 Å². The highest BCUT2D eigenvalue weighted by atomic mass is 16.3. The van der Waals surface area contributed by atoms with Crippen LogP contribution in [0.3, 0.4) is 0 Å². The van der Waals surface area contributed by atoms with Crippen molar-refractivity contribution in [1.29, 1.82) is 0 Å². The topological polar surface area (TPSA) is 83.4 Å². The molecule has 3 amide bonds. The molecule has 0 radical (unpaired) electrons. The molecule has 3 N–H and O–H groups in total. The summed E-state index contributed by atoms with van der Waals surface area (Å²) in [6, 6.07) is 2.75. The molecule has 6 heteroatoms. The first-order valence-electron chi connectivity index (χ1n) is 5.90. The summed E-state index contributed by atoms with van der Waals surface area (Å²) in [5.41, 5.74) is 0. The summed E-state index contributed by atoms with van der Waals surface area (Å²) in [6.07, 6.45) is 0. The van der Waals surface area contributed by atoms with Crippen LogP contribution in [0.1, 0.15) is 25.4 Å². The summed E-state index contributed by atoms with van der Waals surface area (Å²) in [5, 5.41) is 7.70. The van der Waals surface area contributed by atoms with Crippen LogP contribution in [0.2, 0.25) is 0 Å². The van der Waals surface area contributed by atoms with Gasteiger partial charge in [-0.05, 0) is 32.9 Å². The first kappa shape index (κ1) is 14.2. The molecule has 1 aromatic heterocycles.